The summed E-state index contributed by atoms with van der Waals surface area (Å²) < 4.78 is 35.6. The molecule has 0 spiro atoms. The van der Waals surface area contributed by atoms with Gasteiger partial charge in [0.1, 0.15) is 28.6 Å². The van der Waals surface area contributed by atoms with E-state index in [0.29, 0.717) is 46.9 Å². The molecule has 1 aliphatic heterocycles. The number of ether oxygens (including phenoxy) is 3. The van der Waals surface area contributed by atoms with Crippen molar-refractivity contribution in [3.8, 4) is 29.6 Å². The van der Waals surface area contributed by atoms with Crippen LogP contribution >= 0.6 is 11.6 Å². The largest absolute Gasteiger partial charge is 0.496 e. The lowest BCUT2D eigenvalue weighted by molar-refractivity contribution is -0.120. The van der Waals surface area contributed by atoms with Crippen LogP contribution in [0, 0.1) is 18.2 Å². The van der Waals surface area contributed by atoms with E-state index in [1.807, 2.05) is 0 Å². The molecular formula is C36H39ClFN3O7. The number of terminal acetylenes is 1. The van der Waals surface area contributed by atoms with Crippen LogP contribution in [0.3, 0.4) is 0 Å². The van der Waals surface area contributed by atoms with Crippen molar-refractivity contribution in [3.63, 3.8) is 0 Å². The minimum absolute atomic E-state index is 0.0233. The van der Waals surface area contributed by atoms with E-state index in [4.69, 9.17) is 36.8 Å². The second-order valence-corrected chi connectivity index (χ2v) is 12.0. The van der Waals surface area contributed by atoms with Crippen LogP contribution in [0.4, 0.5) is 16.0 Å². The van der Waals surface area contributed by atoms with Crippen LogP contribution < -0.4 is 24.4 Å². The Kier molecular flexibility index (Phi) is 11.5. The standard InChI is InChI=1S/C18H15ClFNO3.C18H24N2O4/c1-3-10(2)24-16-9-15(14(20)8-13(16)19)21-17(22)11-6-4-5-7-12(11)18(21)23;1-6-18(3,7-2)14-11-15(24-20-14)19-17(21)16-12(22-4)9-8-10-13(16)23-5/h1,8-10H,4-7H2,2H3;8-11H,6-7H2,1-5H3,(H,19,21). The average Bonchev–Trinajstić information content (AvgIpc) is 3.67. The fourth-order valence-corrected chi connectivity index (χ4v) is 5.64. The number of carbonyl (C=O) groups excluding carboxylic acids is 3. The van der Waals surface area contributed by atoms with Gasteiger partial charge in [-0.2, -0.15) is 0 Å². The predicted octanol–water partition coefficient (Wildman–Crippen LogP) is 7.65. The molecule has 2 aromatic carbocycles. The highest BCUT2D eigenvalue weighted by atomic mass is 35.5. The number of nitrogens with one attached hydrogen (secondary N) is 1. The molecule has 0 saturated heterocycles. The molecule has 0 radical (unpaired) electrons. The smallest absolute Gasteiger partial charge is 0.265 e. The van der Waals surface area contributed by atoms with Gasteiger partial charge in [0.2, 0.25) is 5.88 Å². The second kappa shape index (κ2) is 15.4. The van der Waals surface area contributed by atoms with Crippen molar-refractivity contribution in [2.75, 3.05) is 24.4 Å². The van der Waals surface area contributed by atoms with Gasteiger partial charge in [-0.05, 0) is 63.6 Å². The summed E-state index contributed by atoms with van der Waals surface area (Å²) in [5.74, 6) is 1.59. The number of imide groups is 1. The summed E-state index contributed by atoms with van der Waals surface area (Å²) in [7, 11) is 3.01. The van der Waals surface area contributed by atoms with E-state index >= 15 is 0 Å². The van der Waals surface area contributed by atoms with E-state index in [0.717, 1.165) is 42.3 Å². The predicted molar refractivity (Wildman–Crippen MR) is 180 cm³/mol. The first-order chi connectivity index (χ1) is 22.9. The number of hydrogen-bond donors (Lipinski definition) is 1. The van der Waals surface area contributed by atoms with E-state index in [9.17, 15) is 18.8 Å². The van der Waals surface area contributed by atoms with Gasteiger partial charge in [-0.1, -0.05) is 49.5 Å². The van der Waals surface area contributed by atoms with E-state index < -0.39 is 23.7 Å². The maximum Gasteiger partial charge on any atom is 0.265 e. The van der Waals surface area contributed by atoms with Crippen LogP contribution in [0.25, 0.3) is 0 Å². The van der Waals surface area contributed by atoms with Gasteiger partial charge in [-0.3, -0.25) is 19.7 Å². The molecule has 1 N–H and O–H groups in total. The summed E-state index contributed by atoms with van der Waals surface area (Å²) in [5, 5.41) is 6.85. The Morgan fingerprint density at radius 1 is 1.08 bits per heavy atom. The van der Waals surface area contributed by atoms with Crippen LogP contribution in [-0.2, 0) is 15.0 Å². The molecule has 3 amide bonds. The molecule has 5 rings (SSSR count). The van der Waals surface area contributed by atoms with Gasteiger partial charge >= 0.3 is 0 Å². The number of amides is 3. The maximum atomic E-state index is 14.4. The zero-order valence-corrected chi connectivity index (χ0v) is 28.6. The van der Waals surface area contributed by atoms with Gasteiger partial charge in [0, 0.05) is 28.7 Å². The molecule has 0 saturated carbocycles. The summed E-state index contributed by atoms with van der Waals surface area (Å²) in [6.07, 6.45) is 9.34. The minimum Gasteiger partial charge on any atom is -0.496 e. The minimum atomic E-state index is -0.762. The molecule has 1 aliphatic carbocycles. The summed E-state index contributed by atoms with van der Waals surface area (Å²) in [5.41, 5.74) is 1.88. The SMILES string of the molecule is C#CC(C)Oc1cc(N2C(=O)C3=C(CCCC3)C2=O)c(F)cc1Cl.CCC(C)(CC)c1cc(NC(=O)c2c(OC)cccc2OC)on1. The van der Waals surface area contributed by atoms with E-state index in [1.165, 1.54) is 20.3 Å². The molecular weight excluding hydrogens is 641 g/mol. The lowest BCUT2D eigenvalue weighted by Crippen LogP contribution is -2.32. The number of hydrogen-bond acceptors (Lipinski definition) is 8. The first kappa shape index (κ1) is 36.0. The Bertz CT molecular complexity index is 1720. The fourth-order valence-electron chi connectivity index (χ4n) is 5.44. The number of benzene rings is 2. The third-order valence-electron chi connectivity index (χ3n) is 8.75. The van der Waals surface area contributed by atoms with Gasteiger partial charge in [0.15, 0.2) is 6.10 Å². The van der Waals surface area contributed by atoms with Crippen molar-refractivity contribution in [3.05, 3.63) is 69.6 Å². The summed E-state index contributed by atoms with van der Waals surface area (Å²) in [6.45, 7) is 7.97. The summed E-state index contributed by atoms with van der Waals surface area (Å²) >= 11 is 5.97. The van der Waals surface area contributed by atoms with Crippen molar-refractivity contribution < 1.29 is 37.5 Å². The quantitative estimate of drug-likeness (QED) is 0.171. The average molecular weight is 680 g/mol. The molecule has 2 heterocycles. The van der Waals surface area contributed by atoms with Gasteiger partial charge < -0.3 is 18.7 Å². The highest BCUT2D eigenvalue weighted by Gasteiger charge is 2.41. The van der Waals surface area contributed by atoms with Crippen LogP contribution in [-0.4, -0.2) is 43.2 Å². The second-order valence-electron chi connectivity index (χ2n) is 11.6. The zero-order chi connectivity index (χ0) is 35.2. The first-order valence-electron chi connectivity index (χ1n) is 15.6. The molecule has 10 nitrogen and oxygen atoms in total. The first-order valence-corrected chi connectivity index (χ1v) is 16.0. The molecule has 254 valence electrons. The highest BCUT2D eigenvalue weighted by Crippen LogP contribution is 2.40. The number of anilines is 2. The molecule has 48 heavy (non-hydrogen) atoms. The molecule has 0 bridgehead atoms. The Balaban J connectivity index is 0.000000217. The summed E-state index contributed by atoms with van der Waals surface area (Å²) in [6, 6.07) is 9.21. The van der Waals surface area contributed by atoms with Crippen molar-refractivity contribution in [2.24, 2.45) is 0 Å². The van der Waals surface area contributed by atoms with Crippen LogP contribution in [0.2, 0.25) is 5.02 Å². The third kappa shape index (κ3) is 7.34. The topological polar surface area (TPSA) is 120 Å². The molecule has 12 heteroatoms. The van der Waals surface area contributed by atoms with Crippen molar-refractivity contribution in [2.45, 2.75) is 77.7 Å². The van der Waals surface area contributed by atoms with Crippen LogP contribution in [0.1, 0.15) is 82.3 Å². The third-order valence-corrected chi connectivity index (χ3v) is 9.05. The van der Waals surface area contributed by atoms with Gasteiger partial charge in [-0.15, -0.1) is 6.42 Å². The Hall–Kier alpha value is -4.82. The maximum absolute atomic E-state index is 14.4. The van der Waals surface area contributed by atoms with Gasteiger partial charge in [0.05, 0.1) is 30.6 Å². The lowest BCUT2D eigenvalue weighted by Gasteiger charge is -2.22. The molecule has 2 aliphatic rings. The normalized spacial score (nSPS) is 14.9. The van der Waals surface area contributed by atoms with Crippen LogP contribution in [0.5, 0.6) is 17.2 Å². The van der Waals surface area contributed by atoms with Crippen molar-refractivity contribution >= 4 is 40.9 Å². The number of aromatic nitrogens is 1. The lowest BCUT2D eigenvalue weighted by atomic mass is 9.81. The number of halogens is 2. The Morgan fingerprint density at radius 2 is 1.67 bits per heavy atom. The number of nitrogens with zero attached hydrogens (tertiary/aromatic N) is 2. The van der Waals surface area contributed by atoms with E-state index in [1.54, 1.807) is 31.2 Å². The Morgan fingerprint density at radius 3 is 2.19 bits per heavy atom. The van der Waals surface area contributed by atoms with E-state index in [-0.39, 0.29) is 27.8 Å². The van der Waals surface area contributed by atoms with Gasteiger partial charge in [-0.25, -0.2) is 9.29 Å². The summed E-state index contributed by atoms with van der Waals surface area (Å²) in [4.78, 5) is 38.6. The van der Waals surface area contributed by atoms with Gasteiger partial charge in [0.25, 0.3) is 17.7 Å². The monoisotopic (exact) mass is 679 g/mol. The zero-order valence-electron chi connectivity index (χ0n) is 27.9. The molecule has 1 atom stereocenters. The number of methoxy groups -OCH3 is 2. The molecule has 1 aromatic heterocycles. The highest BCUT2D eigenvalue weighted by molar-refractivity contribution is 6.34. The van der Waals surface area contributed by atoms with Crippen molar-refractivity contribution in [1.82, 2.24) is 5.16 Å². The van der Waals surface area contributed by atoms with Crippen LogP contribution in [0.15, 0.2) is 52.1 Å². The molecule has 0 fully saturated rings. The number of rotatable bonds is 10. The molecule has 3 aromatic rings. The fraction of sp³-hybridized carbons (Fsp3) is 0.389. The van der Waals surface area contributed by atoms with E-state index in [2.05, 4.69) is 37.2 Å². The number of carbonyl (C=O) groups is 3. The Labute approximate surface area is 284 Å². The molecule has 1 unspecified atom stereocenters. The van der Waals surface area contributed by atoms with Crippen molar-refractivity contribution in [1.29, 1.82) is 0 Å².